The van der Waals surface area contributed by atoms with E-state index in [2.05, 4.69) is 50.0 Å². The van der Waals surface area contributed by atoms with Crippen LogP contribution < -0.4 is 5.32 Å². The van der Waals surface area contributed by atoms with Crippen molar-refractivity contribution in [1.82, 2.24) is 40.5 Å². The van der Waals surface area contributed by atoms with Gasteiger partial charge in [0.05, 0.1) is 5.56 Å². The average Bonchev–Trinajstić information content (AvgIpc) is 3.20. The van der Waals surface area contributed by atoms with Crippen molar-refractivity contribution in [3.63, 3.8) is 0 Å². The number of tetrazole rings is 1. The normalized spacial score (nSPS) is 16.1. The number of nitrogens with one attached hydrogen (secondary N) is 2. The van der Waals surface area contributed by atoms with Crippen LogP contribution in [0, 0.1) is 5.92 Å². The number of hydrogen-bond donors (Lipinski definition) is 2. The van der Waals surface area contributed by atoms with Crippen LogP contribution in [0.5, 0.6) is 0 Å². The molecule has 3 aromatic rings. The highest BCUT2D eigenvalue weighted by Gasteiger charge is 2.44. The van der Waals surface area contributed by atoms with Gasteiger partial charge >= 0.3 is 0 Å². The fourth-order valence-corrected chi connectivity index (χ4v) is 3.23. The Morgan fingerprint density at radius 2 is 2.20 bits per heavy atom. The lowest BCUT2D eigenvalue weighted by Gasteiger charge is -2.39. The van der Waals surface area contributed by atoms with Crippen LogP contribution in [0.2, 0.25) is 0 Å². The zero-order valence-electron chi connectivity index (χ0n) is 14.2. The van der Waals surface area contributed by atoms with Crippen molar-refractivity contribution >= 4 is 11.6 Å². The van der Waals surface area contributed by atoms with Gasteiger partial charge in [-0.25, -0.2) is 0 Å². The Bertz CT molecular complexity index is 894. The van der Waals surface area contributed by atoms with E-state index in [1.807, 2.05) is 16.7 Å². The topological polar surface area (TPSA) is 114 Å². The fourth-order valence-electron chi connectivity index (χ4n) is 3.23. The zero-order chi connectivity index (χ0) is 17.4. The van der Waals surface area contributed by atoms with Gasteiger partial charge in [0, 0.05) is 12.6 Å². The Balaban J connectivity index is 1.65. The van der Waals surface area contributed by atoms with Gasteiger partial charge in [-0.15, -0.1) is 20.4 Å². The van der Waals surface area contributed by atoms with Crippen LogP contribution >= 0.6 is 0 Å². The number of carbonyl (C=O) groups excluding carboxylic acids is 1. The number of aromatic amines is 1. The van der Waals surface area contributed by atoms with Gasteiger partial charge in [0.15, 0.2) is 11.5 Å². The molecule has 2 N–H and O–H groups in total. The summed E-state index contributed by atoms with van der Waals surface area (Å²) in [6.45, 7) is 4.26. The van der Waals surface area contributed by atoms with Gasteiger partial charge in [0.2, 0.25) is 0 Å². The van der Waals surface area contributed by atoms with Crippen molar-refractivity contribution in [2.45, 2.75) is 45.1 Å². The molecule has 1 amide bonds. The molecular weight excluding hydrogens is 320 g/mol. The Labute approximate surface area is 144 Å². The largest absolute Gasteiger partial charge is 0.339 e. The molecule has 0 radical (unpaired) electrons. The number of amides is 1. The second kappa shape index (κ2) is 5.91. The van der Waals surface area contributed by atoms with E-state index in [9.17, 15) is 4.79 Å². The molecule has 1 fully saturated rings. The number of fused-ring (bicyclic) bond motifs is 1. The number of carbonyl (C=O) groups is 1. The molecule has 3 heterocycles. The van der Waals surface area contributed by atoms with Gasteiger partial charge in [-0.2, -0.15) is 5.21 Å². The molecule has 0 spiro atoms. The third kappa shape index (κ3) is 2.65. The van der Waals surface area contributed by atoms with Crippen molar-refractivity contribution in [2.24, 2.45) is 5.92 Å². The molecule has 4 rings (SSSR count). The maximum atomic E-state index is 12.9. The van der Waals surface area contributed by atoms with Crippen LogP contribution in [0.25, 0.3) is 5.65 Å². The summed E-state index contributed by atoms with van der Waals surface area (Å²) < 4.78 is 1.89. The standard InChI is InChI=1S/C16H20N8O/c1-10(2)9-12-18-19-13-11(5-3-8-24(12)13)14(25)17-16(6-4-7-16)15-20-22-23-21-15/h3,5,8,10H,4,6-7,9H2,1-2H3,(H,17,25)(H,20,21,22,23). The molecule has 0 aromatic carbocycles. The van der Waals surface area contributed by atoms with Crippen LogP contribution in [-0.4, -0.2) is 41.1 Å². The lowest BCUT2D eigenvalue weighted by molar-refractivity contribution is 0.0810. The number of rotatable bonds is 5. The number of hydrogen-bond acceptors (Lipinski definition) is 6. The van der Waals surface area contributed by atoms with Gasteiger partial charge in [0.1, 0.15) is 11.4 Å². The lowest BCUT2D eigenvalue weighted by atomic mass is 9.76. The Hall–Kier alpha value is -2.84. The van der Waals surface area contributed by atoms with Crippen LogP contribution in [0.4, 0.5) is 0 Å². The molecule has 130 valence electrons. The number of aromatic nitrogens is 7. The van der Waals surface area contributed by atoms with E-state index >= 15 is 0 Å². The minimum atomic E-state index is -0.544. The highest BCUT2D eigenvalue weighted by molar-refractivity contribution is 6.00. The summed E-state index contributed by atoms with van der Waals surface area (Å²) in [4.78, 5) is 12.9. The van der Waals surface area contributed by atoms with Crippen LogP contribution in [-0.2, 0) is 12.0 Å². The molecule has 0 bridgehead atoms. The summed E-state index contributed by atoms with van der Waals surface area (Å²) in [6.07, 6.45) is 5.31. The maximum absolute atomic E-state index is 12.9. The summed E-state index contributed by atoms with van der Waals surface area (Å²) in [5.41, 5.74) is 0.524. The predicted molar refractivity (Wildman–Crippen MR) is 88.7 cm³/mol. The summed E-state index contributed by atoms with van der Waals surface area (Å²) in [7, 11) is 0. The van der Waals surface area contributed by atoms with E-state index in [1.165, 1.54) is 0 Å². The van der Waals surface area contributed by atoms with Crippen molar-refractivity contribution in [3.8, 4) is 0 Å². The van der Waals surface area contributed by atoms with Crippen LogP contribution in [0.3, 0.4) is 0 Å². The number of pyridine rings is 1. The first kappa shape index (κ1) is 15.7. The smallest absolute Gasteiger partial charge is 0.255 e. The lowest BCUT2D eigenvalue weighted by Crippen LogP contribution is -2.51. The molecule has 1 aliphatic rings. The van der Waals surface area contributed by atoms with Gasteiger partial charge < -0.3 is 5.32 Å². The molecule has 0 atom stereocenters. The highest BCUT2D eigenvalue weighted by atomic mass is 16.1. The molecule has 25 heavy (non-hydrogen) atoms. The van der Waals surface area contributed by atoms with Crippen molar-refractivity contribution in [3.05, 3.63) is 35.5 Å². The average molecular weight is 340 g/mol. The zero-order valence-corrected chi connectivity index (χ0v) is 14.2. The maximum Gasteiger partial charge on any atom is 0.255 e. The monoisotopic (exact) mass is 340 g/mol. The van der Waals surface area contributed by atoms with Gasteiger partial charge in [0.25, 0.3) is 5.91 Å². The molecule has 9 nitrogen and oxygen atoms in total. The summed E-state index contributed by atoms with van der Waals surface area (Å²) >= 11 is 0. The summed E-state index contributed by atoms with van der Waals surface area (Å²) in [5, 5.41) is 25.8. The molecule has 0 saturated heterocycles. The first-order chi connectivity index (χ1) is 12.1. The molecule has 1 saturated carbocycles. The van der Waals surface area contributed by atoms with E-state index in [-0.39, 0.29) is 5.91 Å². The van der Waals surface area contributed by atoms with Gasteiger partial charge in [-0.1, -0.05) is 19.1 Å². The summed E-state index contributed by atoms with van der Waals surface area (Å²) in [6, 6.07) is 3.61. The Kier molecular flexibility index (Phi) is 3.70. The Morgan fingerprint density at radius 1 is 1.36 bits per heavy atom. The van der Waals surface area contributed by atoms with E-state index < -0.39 is 5.54 Å². The third-order valence-corrected chi connectivity index (χ3v) is 4.67. The van der Waals surface area contributed by atoms with Gasteiger partial charge in [-0.05, 0) is 37.3 Å². The van der Waals surface area contributed by atoms with Crippen LogP contribution in [0.15, 0.2) is 18.3 Å². The first-order valence-corrected chi connectivity index (χ1v) is 8.48. The number of nitrogens with zero attached hydrogens (tertiary/aromatic N) is 6. The number of H-pyrrole nitrogens is 1. The van der Waals surface area contributed by atoms with Crippen molar-refractivity contribution < 1.29 is 4.79 Å². The minimum Gasteiger partial charge on any atom is -0.339 e. The molecule has 1 aliphatic carbocycles. The van der Waals surface area contributed by atoms with E-state index in [0.717, 1.165) is 31.5 Å². The van der Waals surface area contributed by atoms with E-state index in [1.54, 1.807) is 6.07 Å². The SMILES string of the molecule is CC(C)Cc1nnc2c(C(=O)NC3(c4nn[nH]n4)CCC3)cccn12. The molecule has 0 unspecified atom stereocenters. The Morgan fingerprint density at radius 3 is 2.84 bits per heavy atom. The molecule has 3 aromatic heterocycles. The van der Waals surface area contributed by atoms with E-state index in [4.69, 9.17) is 0 Å². The minimum absolute atomic E-state index is 0.196. The van der Waals surface area contributed by atoms with Crippen molar-refractivity contribution in [2.75, 3.05) is 0 Å². The van der Waals surface area contributed by atoms with Gasteiger partial charge in [-0.3, -0.25) is 9.20 Å². The predicted octanol–water partition coefficient (Wildman–Crippen LogP) is 1.25. The molecule has 9 heteroatoms. The first-order valence-electron chi connectivity index (χ1n) is 8.48. The van der Waals surface area contributed by atoms with Crippen molar-refractivity contribution in [1.29, 1.82) is 0 Å². The molecule has 0 aliphatic heterocycles. The third-order valence-electron chi connectivity index (χ3n) is 4.67. The fraction of sp³-hybridized carbons (Fsp3) is 0.500. The summed E-state index contributed by atoms with van der Waals surface area (Å²) in [5.74, 6) is 1.65. The second-order valence-electron chi connectivity index (χ2n) is 6.95. The highest BCUT2D eigenvalue weighted by Crippen LogP contribution is 2.39. The quantitative estimate of drug-likeness (QED) is 0.722. The second-order valence-corrected chi connectivity index (χ2v) is 6.95. The van der Waals surface area contributed by atoms with E-state index in [0.29, 0.717) is 23.0 Å². The molecular formula is C16H20N8O. The van der Waals surface area contributed by atoms with Crippen LogP contribution in [0.1, 0.15) is 55.1 Å².